The number of pyridine rings is 1. The summed E-state index contributed by atoms with van der Waals surface area (Å²) in [5.41, 5.74) is 1.63. The standard InChI is InChI=1S/C22H23F3N4O.C11H15BrN2/c1-4-16-11-18(13-26-15(16)2)21(30)27-19-6-5-17(20(12-19)22(23,24)25)14-29-9-7-28(3)8-10-29;1-4-9(2)8-11(12)14-10(3)6-5-7-13-14/h1,5-6,11-13H,7-10,14H2,2-3H3,(H,27,30);5-9H,3-4H2,1-2H3/b;11-8-. The van der Waals surface area contributed by atoms with Gasteiger partial charge >= 0.3 is 6.18 Å². The number of hydrazone groups is 1. The van der Waals surface area contributed by atoms with E-state index in [0.717, 1.165) is 35.9 Å². The molecule has 0 bridgehead atoms. The van der Waals surface area contributed by atoms with E-state index in [1.807, 2.05) is 24.1 Å². The molecule has 44 heavy (non-hydrogen) atoms. The SMILES string of the molecule is C#Cc1cc(C(=O)Nc2ccc(CN3CCN(C)CC3)c(C(F)(F)F)c2)cnc1C.C=C1C=CC=NN1/C(Br)=C\C(C)CC. The van der Waals surface area contributed by atoms with Crippen LogP contribution >= 0.6 is 15.9 Å². The highest BCUT2D eigenvalue weighted by Gasteiger charge is 2.34. The van der Waals surface area contributed by atoms with Crippen LogP contribution in [0.5, 0.6) is 0 Å². The van der Waals surface area contributed by atoms with Gasteiger partial charge in [-0.25, -0.2) is 5.01 Å². The quantitative estimate of drug-likeness (QED) is 0.253. The number of nitrogens with one attached hydrogen (secondary N) is 1. The summed E-state index contributed by atoms with van der Waals surface area (Å²) in [5.74, 6) is 2.40. The van der Waals surface area contributed by atoms with Crippen molar-refractivity contribution in [1.29, 1.82) is 0 Å². The van der Waals surface area contributed by atoms with Crippen molar-refractivity contribution in [3.8, 4) is 12.3 Å². The average molecular weight is 672 g/mol. The van der Waals surface area contributed by atoms with Crippen molar-refractivity contribution >= 4 is 33.7 Å². The third-order valence-electron chi connectivity index (χ3n) is 7.26. The molecule has 1 saturated heterocycles. The van der Waals surface area contributed by atoms with Gasteiger partial charge in [-0.15, -0.1) is 6.42 Å². The summed E-state index contributed by atoms with van der Waals surface area (Å²) in [7, 11) is 1.99. The minimum Gasteiger partial charge on any atom is -0.322 e. The first-order chi connectivity index (χ1) is 20.8. The van der Waals surface area contributed by atoms with Gasteiger partial charge in [0.1, 0.15) is 4.61 Å². The van der Waals surface area contributed by atoms with Crippen LogP contribution in [0.2, 0.25) is 0 Å². The molecule has 1 atom stereocenters. The number of nitrogens with zero attached hydrogens (tertiary/aromatic N) is 5. The molecule has 1 N–H and O–H groups in total. The van der Waals surface area contributed by atoms with Gasteiger partial charge in [0.05, 0.1) is 22.5 Å². The van der Waals surface area contributed by atoms with Gasteiger partial charge in [0.2, 0.25) is 0 Å². The van der Waals surface area contributed by atoms with Crippen LogP contribution in [0.15, 0.2) is 70.7 Å². The van der Waals surface area contributed by atoms with E-state index < -0.39 is 17.6 Å². The summed E-state index contributed by atoms with van der Waals surface area (Å²) in [5, 5.41) is 8.50. The number of amides is 1. The molecule has 3 heterocycles. The second kappa shape index (κ2) is 15.8. The van der Waals surface area contributed by atoms with E-state index in [1.54, 1.807) is 18.1 Å². The molecule has 2 aliphatic heterocycles. The second-order valence-electron chi connectivity index (χ2n) is 10.7. The lowest BCUT2D eigenvalue weighted by Crippen LogP contribution is -2.44. The van der Waals surface area contributed by atoms with Crippen LogP contribution in [0.25, 0.3) is 0 Å². The number of anilines is 1. The van der Waals surface area contributed by atoms with Gasteiger partial charge in [0.25, 0.3) is 5.91 Å². The zero-order chi connectivity index (χ0) is 32.4. The fourth-order valence-corrected chi connectivity index (χ4v) is 5.10. The number of piperazine rings is 1. The molecule has 1 unspecified atom stereocenters. The molecule has 1 aromatic heterocycles. The Hall–Kier alpha value is -3.72. The first-order valence-electron chi connectivity index (χ1n) is 14.2. The zero-order valence-corrected chi connectivity index (χ0v) is 27.0. The van der Waals surface area contributed by atoms with Gasteiger partial charge in [-0.2, -0.15) is 18.3 Å². The van der Waals surface area contributed by atoms with E-state index in [9.17, 15) is 18.0 Å². The number of hydrogen-bond acceptors (Lipinski definition) is 6. The molecule has 4 rings (SSSR count). The highest BCUT2D eigenvalue weighted by molar-refractivity contribution is 9.11. The highest BCUT2D eigenvalue weighted by atomic mass is 79.9. The normalized spacial score (nSPS) is 16.7. The van der Waals surface area contributed by atoms with Crippen molar-refractivity contribution in [2.24, 2.45) is 11.0 Å². The molecule has 1 amide bonds. The van der Waals surface area contributed by atoms with Crippen molar-refractivity contribution in [2.45, 2.75) is 39.9 Å². The van der Waals surface area contributed by atoms with Gasteiger partial charge in [0.15, 0.2) is 0 Å². The number of halogens is 4. The average Bonchev–Trinajstić information content (AvgIpc) is 2.99. The summed E-state index contributed by atoms with van der Waals surface area (Å²) in [6.07, 6.45) is 11.0. The summed E-state index contributed by atoms with van der Waals surface area (Å²) >= 11 is 3.50. The number of benzene rings is 1. The third kappa shape index (κ3) is 9.91. The van der Waals surface area contributed by atoms with Crippen LogP contribution < -0.4 is 5.32 Å². The van der Waals surface area contributed by atoms with Crippen LogP contribution in [0.3, 0.4) is 0 Å². The van der Waals surface area contributed by atoms with E-state index in [1.165, 1.54) is 24.4 Å². The molecule has 0 saturated carbocycles. The predicted molar refractivity (Wildman–Crippen MR) is 174 cm³/mol. The van der Waals surface area contributed by atoms with E-state index in [2.05, 4.69) is 68.7 Å². The van der Waals surface area contributed by atoms with Gasteiger partial charge < -0.3 is 10.2 Å². The monoisotopic (exact) mass is 670 g/mol. The van der Waals surface area contributed by atoms with E-state index in [4.69, 9.17) is 6.42 Å². The maximum Gasteiger partial charge on any atom is 0.416 e. The van der Waals surface area contributed by atoms with Crippen molar-refractivity contribution in [3.05, 3.63) is 93.5 Å². The number of terminal acetylenes is 1. The second-order valence-corrected chi connectivity index (χ2v) is 11.5. The summed E-state index contributed by atoms with van der Waals surface area (Å²) < 4.78 is 42.0. The number of aromatic nitrogens is 1. The van der Waals surface area contributed by atoms with Gasteiger partial charge in [-0.05, 0) is 84.2 Å². The molecule has 234 valence electrons. The molecule has 0 spiro atoms. The highest BCUT2D eigenvalue weighted by Crippen LogP contribution is 2.35. The first-order valence-corrected chi connectivity index (χ1v) is 15.0. The summed E-state index contributed by atoms with van der Waals surface area (Å²) in [6.45, 7) is 13.2. The number of aryl methyl sites for hydroxylation is 1. The molecule has 7 nitrogen and oxygen atoms in total. The van der Waals surface area contributed by atoms with Crippen molar-refractivity contribution in [3.63, 3.8) is 0 Å². The zero-order valence-electron chi connectivity index (χ0n) is 25.5. The molecule has 1 aromatic carbocycles. The van der Waals surface area contributed by atoms with Crippen LogP contribution in [0, 0.1) is 25.2 Å². The Kier molecular flexibility index (Phi) is 12.5. The Labute approximate surface area is 266 Å². The lowest BCUT2D eigenvalue weighted by molar-refractivity contribution is -0.138. The van der Waals surface area contributed by atoms with Crippen LogP contribution in [-0.2, 0) is 12.7 Å². The smallest absolute Gasteiger partial charge is 0.322 e. The number of alkyl halides is 3. The Balaban J connectivity index is 0.000000317. The maximum atomic E-state index is 13.7. The van der Waals surface area contributed by atoms with Gasteiger partial charge in [-0.3, -0.25) is 14.7 Å². The molecule has 0 radical (unpaired) electrons. The number of likely N-dealkylation sites (N-methyl/N-ethyl adjacent to an activating group) is 1. The third-order valence-corrected chi connectivity index (χ3v) is 7.87. The van der Waals surface area contributed by atoms with E-state index >= 15 is 0 Å². The molecule has 0 aliphatic carbocycles. The number of carbonyl (C=O) groups excluding carboxylic acids is 1. The van der Waals surface area contributed by atoms with Gasteiger partial charge in [-0.1, -0.05) is 32.4 Å². The Morgan fingerprint density at radius 1 is 1.25 bits per heavy atom. The van der Waals surface area contributed by atoms with Gasteiger partial charge in [0, 0.05) is 56.4 Å². The molecule has 11 heteroatoms. The number of hydrogen-bond donors (Lipinski definition) is 1. The molecule has 1 fully saturated rings. The Morgan fingerprint density at radius 2 is 1.95 bits per heavy atom. The first kappa shape index (κ1) is 34.8. The molecule has 2 aromatic rings. The largest absolute Gasteiger partial charge is 0.416 e. The van der Waals surface area contributed by atoms with Crippen molar-refractivity contribution < 1.29 is 18.0 Å². The van der Waals surface area contributed by atoms with E-state index in [-0.39, 0.29) is 23.4 Å². The topological polar surface area (TPSA) is 64.1 Å². The number of allylic oxidation sites excluding steroid dienone is 3. The minimum absolute atomic E-state index is 0.0669. The predicted octanol–water partition coefficient (Wildman–Crippen LogP) is 7.03. The number of rotatable bonds is 7. The Morgan fingerprint density at radius 3 is 2.57 bits per heavy atom. The fourth-order valence-electron chi connectivity index (χ4n) is 4.33. The number of carbonyl (C=O) groups is 1. The molecular weight excluding hydrogens is 633 g/mol. The Bertz CT molecular complexity index is 1470. The van der Waals surface area contributed by atoms with Crippen molar-refractivity contribution in [2.75, 3.05) is 38.5 Å². The fraction of sp³-hybridized carbons (Fsp3) is 0.364. The molecule has 2 aliphatic rings. The summed E-state index contributed by atoms with van der Waals surface area (Å²) in [4.78, 5) is 20.7. The van der Waals surface area contributed by atoms with Crippen LogP contribution in [0.1, 0.15) is 53.0 Å². The lowest BCUT2D eigenvalue weighted by Gasteiger charge is -2.33. The lowest BCUT2D eigenvalue weighted by atomic mass is 10.0. The maximum absolute atomic E-state index is 13.7. The van der Waals surface area contributed by atoms with Crippen molar-refractivity contribution in [1.82, 2.24) is 19.8 Å². The summed E-state index contributed by atoms with van der Waals surface area (Å²) in [6, 6.07) is 5.39. The van der Waals surface area contributed by atoms with E-state index in [0.29, 0.717) is 30.3 Å². The molecular formula is C33H38BrF3N6O. The van der Waals surface area contributed by atoms with Crippen LogP contribution in [0.4, 0.5) is 18.9 Å². The minimum atomic E-state index is -4.52. The van der Waals surface area contributed by atoms with Crippen LogP contribution in [-0.4, -0.2) is 65.1 Å².